The fourth-order valence-electron chi connectivity index (χ4n) is 2.82. The highest BCUT2D eigenvalue weighted by Gasteiger charge is 2.33. The summed E-state index contributed by atoms with van der Waals surface area (Å²) in [6.45, 7) is 6.81. The lowest BCUT2D eigenvalue weighted by molar-refractivity contribution is -0.122. The van der Waals surface area contributed by atoms with Crippen molar-refractivity contribution in [2.24, 2.45) is 10.9 Å². The summed E-state index contributed by atoms with van der Waals surface area (Å²) in [5.41, 5.74) is 2.82. The van der Waals surface area contributed by atoms with E-state index in [-0.39, 0.29) is 5.91 Å². The van der Waals surface area contributed by atoms with Gasteiger partial charge in [0.1, 0.15) is 5.75 Å². The smallest absolute Gasteiger partial charge is 0.266 e. The Morgan fingerprint density at radius 1 is 1.21 bits per heavy atom. The van der Waals surface area contributed by atoms with Gasteiger partial charge in [-0.05, 0) is 78.2 Å². The number of carbonyl (C=O) groups is 1. The minimum Gasteiger partial charge on any atom is -0.497 e. The number of amides is 1. The summed E-state index contributed by atoms with van der Waals surface area (Å²) >= 11 is 7.37. The Hall–Kier alpha value is -2.24. The molecule has 1 amide bonds. The van der Waals surface area contributed by atoms with E-state index in [1.165, 1.54) is 11.8 Å². The van der Waals surface area contributed by atoms with Crippen molar-refractivity contribution < 1.29 is 9.53 Å². The van der Waals surface area contributed by atoms with Gasteiger partial charge < -0.3 is 4.74 Å². The maximum Gasteiger partial charge on any atom is 0.266 e. The van der Waals surface area contributed by atoms with E-state index in [1.54, 1.807) is 24.1 Å². The molecular weight excluding hydrogens is 392 g/mol. The molecule has 0 unspecified atom stereocenters. The monoisotopic (exact) mass is 414 g/mol. The molecule has 0 aromatic heterocycles. The molecule has 6 heteroatoms. The van der Waals surface area contributed by atoms with Gasteiger partial charge in [-0.3, -0.25) is 9.69 Å². The van der Waals surface area contributed by atoms with Crippen LogP contribution in [0.1, 0.15) is 25.0 Å². The molecule has 3 rings (SSSR count). The molecule has 0 saturated carbocycles. The van der Waals surface area contributed by atoms with E-state index in [1.807, 2.05) is 43.3 Å². The van der Waals surface area contributed by atoms with Gasteiger partial charge >= 0.3 is 0 Å². The number of aliphatic imine (C=N–C) groups is 1. The summed E-state index contributed by atoms with van der Waals surface area (Å²) in [7, 11) is 1.65. The van der Waals surface area contributed by atoms with Crippen LogP contribution in [0.3, 0.4) is 0 Å². The summed E-state index contributed by atoms with van der Waals surface area (Å²) in [5.74, 6) is 1.13. The minimum atomic E-state index is -0.0124. The van der Waals surface area contributed by atoms with E-state index in [2.05, 4.69) is 13.8 Å². The second kappa shape index (κ2) is 8.84. The number of hydrogen-bond acceptors (Lipinski definition) is 4. The molecule has 1 aliphatic heterocycles. The third-order valence-corrected chi connectivity index (χ3v) is 5.51. The number of methoxy groups -OCH3 is 1. The molecule has 1 heterocycles. The summed E-state index contributed by atoms with van der Waals surface area (Å²) in [6.07, 6.45) is 1.93. The summed E-state index contributed by atoms with van der Waals surface area (Å²) in [6, 6.07) is 13.1. The number of benzene rings is 2. The van der Waals surface area contributed by atoms with Gasteiger partial charge in [0, 0.05) is 11.6 Å². The lowest BCUT2D eigenvalue weighted by Gasteiger charge is -2.17. The first kappa shape index (κ1) is 20.5. The Bertz CT molecular complexity index is 936. The van der Waals surface area contributed by atoms with Crippen LogP contribution in [0.2, 0.25) is 5.02 Å². The zero-order chi connectivity index (χ0) is 20.3. The topological polar surface area (TPSA) is 41.9 Å². The lowest BCUT2D eigenvalue weighted by Crippen LogP contribution is -2.32. The van der Waals surface area contributed by atoms with Gasteiger partial charge in [0.15, 0.2) is 5.17 Å². The number of thioether (sulfide) groups is 1. The fourth-order valence-corrected chi connectivity index (χ4v) is 3.95. The predicted molar refractivity (Wildman–Crippen MR) is 118 cm³/mol. The van der Waals surface area contributed by atoms with Gasteiger partial charge in [0.2, 0.25) is 0 Å². The minimum absolute atomic E-state index is 0.0124. The van der Waals surface area contributed by atoms with Crippen LogP contribution in [-0.2, 0) is 4.79 Å². The molecule has 1 fully saturated rings. The maximum atomic E-state index is 13.0. The quantitative estimate of drug-likeness (QED) is 0.570. The highest BCUT2D eigenvalue weighted by Crippen LogP contribution is 2.35. The van der Waals surface area contributed by atoms with Crippen molar-refractivity contribution in [2.75, 3.05) is 13.7 Å². The van der Waals surface area contributed by atoms with Gasteiger partial charge in [-0.1, -0.05) is 31.5 Å². The standard InChI is InChI=1S/C22H23ClN2O2S/c1-14(2)13-25-21(26)20(12-16-5-10-19(27-4)11-15(16)3)28-22(25)24-18-8-6-17(23)7-9-18/h5-12,14H,13H2,1-4H3/b20-12+,24-22?. The summed E-state index contributed by atoms with van der Waals surface area (Å²) in [4.78, 5) is 20.2. The van der Waals surface area contributed by atoms with Crippen LogP contribution >= 0.6 is 23.4 Å². The average Bonchev–Trinajstić information content (AvgIpc) is 2.93. The van der Waals surface area contributed by atoms with E-state index < -0.39 is 0 Å². The first-order chi connectivity index (χ1) is 13.4. The average molecular weight is 415 g/mol. The highest BCUT2D eigenvalue weighted by atomic mass is 35.5. The molecule has 1 saturated heterocycles. The SMILES string of the molecule is COc1ccc(/C=C2/SC(=Nc3ccc(Cl)cc3)N(CC(C)C)C2=O)c(C)c1. The molecule has 2 aromatic rings. The van der Waals surface area contributed by atoms with Gasteiger partial charge in [-0.2, -0.15) is 0 Å². The van der Waals surface area contributed by atoms with Crippen molar-refractivity contribution in [1.82, 2.24) is 4.90 Å². The number of hydrogen-bond donors (Lipinski definition) is 0. The third-order valence-electron chi connectivity index (χ3n) is 4.25. The molecule has 0 spiro atoms. The van der Waals surface area contributed by atoms with Crippen LogP contribution in [0.25, 0.3) is 6.08 Å². The molecule has 0 atom stereocenters. The van der Waals surface area contributed by atoms with Crippen molar-refractivity contribution in [1.29, 1.82) is 0 Å². The second-order valence-electron chi connectivity index (χ2n) is 7.01. The molecule has 146 valence electrons. The molecule has 0 N–H and O–H groups in total. The number of carbonyl (C=O) groups excluding carboxylic acids is 1. The predicted octanol–water partition coefficient (Wildman–Crippen LogP) is 5.92. The van der Waals surface area contributed by atoms with E-state index in [4.69, 9.17) is 21.3 Å². The van der Waals surface area contributed by atoms with Crippen molar-refractivity contribution >= 4 is 46.2 Å². The Morgan fingerprint density at radius 3 is 2.54 bits per heavy atom. The van der Waals surface area contributed by atoms with Gasteiger partial charge in [0.05, 0.1) is 17.7 Å². The van der Waals surface area contributed by atoms with Gasteiger partial charge in [-0.25, -0.2) is 4.99 Å². The van der Waals surface area contributed by atoms with Crippen LogP contribution < -0.4 is 4.74 Å². The number of rotatable bonds is 5. The first-order valence-corrected chi connectivity index (χ1v) is 10.3. The van der Waals surface area contributed by atoms with Crippen molar-refractivity contribution in [3.05, 3.63) is 63.5 Å². The Balaban J connectivity index is 1.95. The summed E-state index contributed by atoms with van der Waals surface area (Å²) in [5, 5.41) is 1.35. The van der Waals surface area contributed by atoms with Crippen LogP contribution in [0.4, 0.5) is 5.69 Å². The number of halogens is 1. The van der Waals surface area contributed by atoms with Crippen LogP contribution in [0.5, 0.6) is 5.75 Å². The Kier molecular flexibility index (Phi) is 6.47. The zero-order valence-electron chi connectivity index (χ0n) is 16.4. The number of aryl methyl sites for hydroxylation is 1. The third kappa shape index (κ3) is 4.78. The maximum absolute atomic E-state index is 13.0. The Labute approximate surface area is 175 Å². The normalized spacial score (nSPS) is 17.2. The molecule has 4 nitrogen and oxygen atoms in total. The summed E-state index contributed by atoms with van der Waals surface area (Å²) < 4.78 is 5.26. The highest BCUT2D eigenvalue weighted by molar-refractivity contribution is 8.18. The fraction of sp³-hybridized carbons (Fsp3) is 0.273. The molecule has 2 aromatic carbocycles. The molecule has 28 heavy (non-hydrogen) atoms. The van der Waals surface area contributed by atoms with Crippen molar-refractivity contribution in [2.45, 2.75) is 20.8 Å². The second-order valence-corrected chi connectivity index (χ2v) is 8.46. The molecule has 0 aliphatic carbocycles. The van der Waals surface area contributed by atoms with Crippen LogP contribution in [0, 0.1) is 12.8 Å². The van der Waals surface area contributed by atoms with Crippen molar-refractivity contribution in [3.63, 3.8) is 0 Å². The molecule has 1 aliphatic rings. The van der Waals surface area contributed by atoms with Crippen LogP contribution in [-0.4, -0.2) is 29.6 Å². The van der Waals surface area contributed by atoms with Gasteiger partial charge in [0.25, 0.3) is 5.91 Å². The first-order valence-electron chi connectivity index (χ1n) is 9.07. The van der Waals surface area contributed by atoms with Crippen molar-refractivity contribution in [3.8, 4) is 5.75 Å². The lowest BCUT2D eigenvalue weighted by atomic mass is 10.1. The zero-order valence-corrected chi connectivity index (χ0v) is 18.0. The molecular formula is C22H23ClN2O2S. The molecule has 0 radical (unpaired) electrons. The van der Waals surface area contributed by atoms with E-state index >= 15 is 0 Å². The Morgan fingerprint density at radius 2 is 1.93 bits per heavy atom. The number of nitrogens with zero attached hydrogens (tertiary/aromatic N) is 2. The number of ether oxygens (including phenoxy) is 1. The largest absolute Gasteiger partial charge is 0.497 e. The molecule has 0 bridgehead atoms. The van der Waals surface area contributed by atoms with E-state index in [0.29, 0.717) is 27.6 Å². The van der Waals surface area contributed by atoms with Crippen LogP contribution in [0.15, 0.2) is 52.4 Å². The van der Waals surface area contributed by atoms with E-state index in [0.717, 1.165) is 22.6 Å². The van der Waals surface area contributed by atoms with Gasteiger partial charge in [-0.15, -0.1) is 0 Å². The number of amidine groups is 1. The van der Waals surface area contributed by atoms with E-state index in [9.17, 15) is 4.79 Å².